The number of sulfonamides is 1. The zero-order chi connectivity index (χ0) is 18.1. The van der Waals surface area contributed by atoms with Gasteiger partial charge in [0.05, 0.1) is 23.2 Å². The predicted octanol–water partition coefficient (Wildman–Crippen LogP) is 0.703. The van der Waals surface area contributed by atoms with Gasteiger partial charge in [-0.25, -0.2) is 18.1 Å². The Balaban J connectivity index is 1.55. The summed E-state index contributed by atoms with van der Waals surface area (Å²) in [6, 6.07) is 5.19. The zero-order valence-corrected chi connectivity index (χ0v) is 14.3. The van der Waals surface area contributed by atoms with Gasteiger partial charge < -0.3 is 10.2 Å². The van der Waals surface area contributed by atoms with Crippen molar-refractivity contribution in [1.29, 1.82) is 0 Å². The second-order valence-electron chi connectivity index (χ2n) is 5.63. The lowest BCUT2D eigenvalue weighted by atomic mass is 10.1. The molecule has 1 amide bonds. The molecule has 9 nitrogen and oxygen atoms in total. The molecule has 26 heavy (non-hydrogen) atoms. The fourth-order valence-electron chi connectivity index (χ4n) is 2.59. The molecule has 1 N–H and O–H groups in total. The second-order valence-corrected chi connectivity index (χ2v) is 7.38. The molecule has 2 aliphatic heterocycles. The molecule has 0 radical (unpaired) electrons. The van der Waals surface area contributed by atoms with Crippen LogP contribution >= 0.6 is 0 Å². The van der Waals surface area contributed by atoms with Crippen molar-refractivity contribution in [1.82, 2.24) is 19.7 Å². The molecule has 4 heterocycles. The Kier molecular flexibility index (Phi) is 3.88. The van der Waals surface area contributed by atoms with Gasteiger partial charge in [0.2, 0.25) is 0 Å². The fourth-order valence-corrected chi connectivity index (χ4v) is 3.58. The van der Waals surface area contributed by atoms with Gasteiger partial charge >= 0.3 is 0 Å². The lowest BCUT2D eigenvalue weighted by Gasteiger charge is -2.28. The minimum absolute atomic E-state index is 0.0749. The maximum atomic E-state index is 12.6. The Bertz CT molecular complexity index is 1040. The smallest absolute Gasteiger partial charge is 0.259 e. The van der Waals surface area contributed by atoms with Gasteiger partial charge in [-0.3, -0.25) is 4.79 Å². The number of hydrogen-bond acceptors (Lipinski definition) is 6. The van der Waals surface area contributed by atoms with Crippen molar-refractivity contribution in [3.05, 3.63) is 60.7 Å². The van der Waals surface area contributed by atoms with Crippen molar-refractivity contribution >= 4 is 27.5 Å². The number of nitrogens with zero attached hydrogens (tertiary/aromatic N) is 5. The van der Waals surface area contributed by atoms with Crippen molar-refractivity contribution in [3.8, 4) is 5.82 Å². The first-order valence-electron chi connectivity index (χ1n) is 7.77. The van der Waals surface area contributed by atoms with E-state index < -0.39 is 15.9 Å². The van der Waals surface area contributed by atoms with E-state index in [0.717, 1.165) is 0 Å². The molecule has 2 aliphatic rings. The van der Waals surface area contributed by atoms with E-state index in [9.17, 15) is 13.2 Å². The number of carbonyl (C=O) groups excluding carboxylic acids is 1. The Hall–Kier alpha value is -3.27. The largest absolute Gasteiger partial charge is 0.331 e. The number of fused-ring (bicyclic) bond motifs is 1. The van der Waals surface area contributed by atoms with Crippen LogP contribution in [0.3, 0.4) is 0 Å². The van der Waals surface area contributed by atoms with E-state index in [1.807, 2.05) is 0 Å². The highest BCUT2D eigenvalue weighted by Gasteiger charge is 2.29. The third kappa shape index (κ3) is 3.14. The highest BCUT2D eigenvalue weighted by Crippen LogP contribution is 2.19. The maximum absolute atomic E-state index is 12.6. The molecule has 0 aromatic carbocycles. The molecule has 0 atom stereocenters. The van der Waals surface area contributed by atoms with Gasteiger partial charge in [-0.15, -0.1) is 4.40 Å². The van der Waals surface area contributed by atoms with E-state index in [1.54, 1.807) is 52.5 Å². The van der Waals surface area contributed by atoms with E-state index in [1.165, 1.54) is 12.3 Å². The van der Waals surface area contributed by atoms with Crippen LogP contribution in [0.1, 0.15) is 0 Å². The fraction of sp³-hybridized carbons (Fsp3) is 0.125. The van der Waals surface area contributed by atoms with Crippen molar-refractivity contribution in [3.63, 3.8) is 0 Å². The van der Waals surface area contributed by atoms with Gasteiger partial charge in [-0.2, -0.15) is 5.10 Å². The summed E-state index contributed by atoms with van der Waals surface area (Å²) in [5.41, 5.74) is 0.666. The number of anilines is 1. The van der Waals surface area contributed by atoms with Gasteiger partial charge in [0.15, 0.2) is 11.7 Å². The summed E-state index contributed by atoms with van der Waals surface area (Å²) in [4.78, 5) is 18.5. The number of amidine groups is 1. The Morgan fingerprint density at radius 3 is 2.88 bits per heavy atom. The molecule has 2 aromatic rings. The van der Waals surface area contributed by atoms with Crippen LogP contribution < -0.4 is 5.32 Å². The number of rotatable bonds is 3. The Labute approximate surface area is 149 Å². The summed E-state index contributed by atoms with van der Waals surface area (Å²) < 4.78 is 28.9. The standard InChI is InChI=1S/C16H14N6O3S/c23-16(13-3-1-7-21-9-10-26(24,25)20-15(13)21)19-12-4-5-14(17-11-12)22-8-2-6-18-22/h1-8,11H,9-10H2,(H,19,23). The van der Waals surface area contributed by atoms with Crippen LogP contribution in [0.4, 0.5) is 5.69 Å². The normalized spacial score (nSPS) is 17.9. The van der Waals surface area contributed by atoms with Crippen LogP contribution in [0.15, 0.2) is 65.1 Å². The van der Waals surface area contributed by atoms with Crippen LogP contribution in [0, 0.1) is 0 Å². The number of allylic oxidation sites excluding steroid dienone is 2. The molecular formula is C16H14N6O3S. The molecule has 0 aliphatic carbocycles. The summed E-state index contributed by atoms with van der Waals surface area (Å²) in [6.07, 6.45) is 9.83. The molecule has 0 bridgehead atoms. The van der Waals surface area contributed by atoms with Crippen LogP contribution in [-0.4, -0.2) is 52.1 Å². The van der Waals surface area contributed by atoms with Gasteiger partial charge in [-0.1, -0.05) is 0 Å². The second kappa shape index (κ2) is 6.23. The lowest BCUT2D eigenvalue weighted by molar-refractivity contribution is -0.112. The average Bonchev–Trinajstić information content (AvgIpc) is 3.15. The minimum atomic E-state index is -3.55. The number of amides is 1. The zero-order valence-electron chi connectivity index (χ0n) is 13.5. The molecule has 0 saturated carbocycles. The van der Waals surface area contributed by atoms with Gasteiger partial charge in [0.25, 0.3) is 15.9 Å². The summed E-state index contributed by atoms with van der Waals surface area (Å²) in [5, 5.41) is 6.79. The molecule has 10 heteroatoms. The number of nitrogens with one attached hydrogen (secondary N) is 1. The first-order valence-corrected chi connectivity index (χ1v) is 9.38. The Morgan fingerprint density at radius 2 is 2.15 bits per heavy atom. The minimum Gasteiger partial charge on any atom is -0.331 e. The van der Waals surface area contributed by atoms with E-state index in [0.29, 0.717) is 11.5 Å². The number of hydrogen-bond donors (Lipinski definition) is 1. The van der Waals surface area contributed by atoms with Crippen molar-refractivity contribution in [2.45, 2.75) is 0 Å². The summed E-state index contributed by atoms with van der Waals surface area (Å²) >= 11 is 0. The molecule has 132 valence electrons. The third-order valence-electron chi connectivity index (χ3n) is 3.85. The first kappa shape index (κ1) is 16.2. The molecule has 4 rings (SSSR count). The van der Waals surface area contributed by atoms with E-state index in [-0.39, 0.29) is 23.7 Å². The SMILES string of the molecule is O=C(Nc1ccc(-n2cccn2)nc1)C1=CC=CN2CCS(=O)(=O)N=C12. The number of aromatic nitrogens is 3. The maximum Gasteiger partial charge on any atom is 0.259 e. The van der Waals surface area contributed by atoms with Crippen LogP contribution in [-0.2, 0) is 14.8 Å². The quantitative estimate of drug-likeness (QED) is 0.852. The lowest BCUT2D eigenvalue weighted by Crippen LogP contribution is -2.40. The van der Waals surface area contributed by atoms with Crippen LogP contribution in [0.5, 0.6) is 0 Å². The number of carbonyl (C=O) groups is 1. The van der Waals surface area contributed by atoms with Crippen LogP contribution in [0.2, 0.25) is 0 Å². The summed E-state index contributed by atoms with van der Waals surface area (Å²) in [5.74, 6) is 0.220. The highest BCUT2D eigenvalue weighted by atomic mass is 32.2. The molecule has 0 unspecified atom stereocenters. The third-order valence-corrected chi connectivity index (χ3v) is 5.00. The molecule has 0 fully saturated rings. The van der Waals surface area contributed by atoms with Gasteiger partial charge in [0, 0.05) is 25.1 Å². The topological polar surface area (TPSA) is 110 Å². The van der Waals surface area contributed by atoms with Crippen molar-refractivity contribution in [2.75, 3.05) is 17.6 Å². The monoisotopic (exact) mass is 370 g/mol. The number of pyridine rings is 1. The van der Waals surface area contributed by atoms with E-state index in [2.05, 4.69) is 19.8 Å². The highest BCUT2D eigenvalue weighted by molar-refractivity contribution is 7.90. The molecular weight excluding hydrogens is 356 g/mol. The van der Waals surface area contributed by atoms with Gasteiger partial charge in [-0.05, 0) is 30.4 Å². The summed E-state index contributed by atoms with van der Waals surface area (Å²) in [7, 11) is -3.55. The van der Waals surface area contributed by atoms with Gasteiger partial charge in [0.1, 0.15) is 0 Å². The van der Waals surface area contributed by atoms with Crippen molar-refractivity contribution in [2.24, 2.45) is 4.40 Å². The average molecular weight is 370 g/mol. The molecule has 0 spiro atoms. The van der Waals surface area contributed by atoms with E-state index in [4.69, 9.17) is 0 Å². The molecule has 0 saturated heterocycles. The molecule has 2 aromatic heterocycles. The first-order chi connectivity index (χ1) is 12.5. The van der Waals surface area contributed by atoms with Crippen molar-refractivity contribution < 1.29 is 13.2 Å². The summed E-state index contributed by atoms with van der Waals surface area (Å²) in [6.45, 7) is 0.266. The predicted molar refractivity (Wildman–Crippen MR) is 95.1 cm³/mol. The van der Waals surface area contributed by atoms with E-state index >= 15 is 0 Å². The van der Waals surface area contributed by atoms with Crippen LogP contribution in [0.25, 0.3) is 5.82 Å². The Morgan fingerprint density at radius 1 is 1.27 bits per heavy atom.